The van der Waals surface area contributed by atoms with Crippen molar-refractivity contribution in [1.82, 2.24) is 9.88 Å². The van der Waals surface area contributed by atoms with Crippen LogP contribution in [0.4, 0.5) is 4.39 Å². The molecule has 2 aliphatic rings. The van der Waals surface area contributed by atoms with Crippen molar-refractivity contribution in [3.63, 3.8) is 0 Å². The van der Waals surface area contributed by atoms with Gasteiger partial charge < -0.3 is 14.6 Å². The minimum absolute atomic E-state index is 0.0369. The molecule has 4 nitrogen and oxygen atoms in total. The van der Waals surface area contributed by atoms with Crippen LogP contribution in [0.2, 0.25) is 0 Å². The number of nitrogens with zero attached hydrogens (tertiary/aromatic N) is 1. The fourth-order valence-corrected chi connectivity index (χ4v) is 5.57. The zero-order valence-electron chi connectivity index (χ0n) is 17.1. The highest BCUT2D eigenvalue weighted by atomic mass is 19.1. The molecule has 1 N–H and O–H groups in total. The van der Waals surface area contributed by atoms with Gasteiger partial charge in [-0.15, -0.1) is 0 Å². The number of nitrogens with one attached hydrogen (secondary N) is 1. The molecule has 1 aromatic heterocycles. The first kappa shape index (κ1) is 18.9. The molecule has 5 heteroatoms. The van der Waals surface area contributed by atoms with Crippen LogP contribution in [0.15, 0.2) is 55.1 Å². The topological polar surface area (TPSA) is 45.3 Å². The Morgan fingerprint density at radius 1 is 1.33 bits per heavy atom. The summed E-state index contributed by atoms with van der Waals surface area (Å²) in [6, 6.07) is 13.5. The van der Waals surface area contributed by atoms with Gasteiger partial charge in [0.25, 0.3) is 0 Å². The highest BCUT2D eigenvalue weighted by Gasteiger charge is 2.48. The normalized spacial score (nSPS) is 23.0. The summed E-state index contributed by atoms with van der Waals surface area (Å²) in [5.41, 5.74) is 4.11. The van der Waals surface area contributed by atoms with Gasteiger partial charge in [0.1, 0.15) is 11.6 Å². The monoisotopic (exact) mass is 404 g/mol. The average molecular weight is 404 g/mol. The number of hydrogen-bond donors (Lipinski definition) is 1. The number of piperidine rings is 1. The highest BCUT2D eigenvalue weighted by Crippen LogP contribution is 2.49. The zero-order valence-corrected chi connectivity index (χ0v) is 17.1. The molecule has 2 heterocycles. The minimum Gasteiger partial charge on any atom is -0.497 e. The number of methoxy groups -OCH3 is 1. The quantitative estimate of drug-likeness (QED) is 0.658. The molecule has 1 saturated heterocycles. The SMILES string of the molecule is C=CC(=O)N1CCC2(c3cccc(OC)c3)Cc3[nH]c4cccc(F)c4c3CC2C1. The van der Waals surface area contributed by atoms with E-state index in [1.54, 1.807) is 13.2 Å². The molecule has 1 fully saturated rings. The second kappa shape index (κ2) is 7.01. The van der Waals surface area contributed by atoms with Gasteiger partial charge in [0, 0.05) is 35.1 Å². The summed E-state index contributed by atoms with van der Waals surface area (Å²) in [4.78, 5) is 17.7. The Bertz CT molecular complexity index is 1150. The molecule has 5 rings (SSSR count). The Balaban J connectivity index is 1.65. The summed E-state index contributed by atoms with van der Waals surface area (Å²) < 4.78 is 20.2. The lowest BCUT2D eigenvalue weighted by atomic mass is 9.58. The van der Waals surface area contributed by atoms with Gasteiger partial charge in [0.15, 0.2) is 0 Å². The van der Waals surface area contributed by atoms with E-state index in [2.05, 4.69) is 23.7 Å². The second-order valence-electron chi connectivity index (χ2n) is 8.45. The van der Waals surface area contributed by atoms with Gasteiger partial charge in [-0.25, -0.2) is 4.39 Å². The summed E-state index contributed by atoms with van der Waals surface area (Å²) in [6.45, 7) is 4.98. The van der Waals surface area contributed by atoms with Crippen LogP contribution in [-0.2, 0) is 23.1 Å². The Hall–Kier alpha value is -3.08. The van der Waals surface area contributed by atoms with Gasteiger partial charge in [-0.3, -0.25) is 4.79 Å². The van der Waals surface area contributed by atoms with Crippen LogP contribution in [0.25, 0.3) is 10.9 Å². The maximum absolute atomic E-state index is 14.7. The van der Waals surface area contributed by atoms with Crippen LogP contribution in [0.5, 0.6) is 5.75 Å². The molecule has 1 aliphatic heterocycles. The van der Waals surface area contributed by atoms with E-state index in [1.165, 1.54) is 17.7 Å². The summed E-state index contributed by atoms with van der Waals surface area (Å²) in [7, 11) is 1.68. The first-order valence-electron chi connectivity index (χ1n) is 10.4. The Morgan fingerprint density at radius 2 is 2.17 bits per heavy atom. The smallest absolute Gasteiger partial charge is 0.245 e. The largest absolute Gasteiger partial charge is 0.497 e. The lowest BCUT2D eigenvalue weighted by Gasteiger charge is -2.51. The summed E-state index contributed by atoms with van der Waals surface area (Å²) >= 11 is 0. The van der Waals surface area contributed by atoms with Gasteiger partial charge in [0.05, 0.1) is 7.11 Å². The Morgan fingerprint density at radius 3 is 2.97 bits per heavy atom. The number of aromatic amines is 1. The second-order valence-corrected chi connectivity index (χ2v) is 8.45. The molecule has 3 aromatic rings. The fraction of sp³-hybridized carbons (Fsp3) is 0.320. The van der Waals surface area contributed by atoms with Gasteiger partial charge in [-0.2, -0.15) is 0 Å². The number of fused-ring (bicyclic) bond motifs is 4. The van der Waals surface area contributed by atoms with E-state index in [9.17, 15) is 9.18 Å². The lowest BCUT2D eigenvalue weighted by Crippen LogP contribution is -2.54. The molecule has 0 spiro atoms. The fourth-order valence-electron chi connectivity index (χ4n) is 5.57. The van der Waals surface area contributed by atoms with Crippen molar-refractivity contribution in [3.8, 4) is 5.75 Å². The van der Waals surface area contributed by atoms with Crippen molar-refractivity contribution in [1.29, 1.82) is 0 Å². The molecule has 0 radical (unpaired) electrons. The van der Waals surface area contributed by atoms with Crippen LogP contribution in [0.3, 0.4) is 0 Å². The third kappa shape index (κ3) is 2.76. The predicted molar refractivity (Wildman–Crippen MR) is 115 cm³/mol. The third-order valence-corrected chi connectivity index (χ3v) is 7.09. The van der Waals surface area contributed by atoms with Crippen LogP contribution in [0, 0.1) is 11.7 Å². The molecular formula is C25H25FN2O2. The van der Waals surface area contributed by atoms with E-state index in [4.69, 9.17) is 4.74 Å². The molecule has 0 bridgehead atoms. The zero-order chi connectivity index (χ0) is 20.9. The minimum atomic E-state index is -0.186. The van der Waals surface area contributed by atoms with Crippen LogP contribution < -0.4 is 4.74 Å². The van der Waals surface area contributed by atoms with E-state index in [1.807, 2.05) is 23.1 Å². The number of aromatic nitrogens is 1. The number of carbonyl (C=O) groups is 1. The molecular weight excluding hydrogens is 379 g/mol. The van der Waals surface area contributed by atoms with Crippen LogP contribution in [-0.4, -0.2) is 36.0 Å². The van der Waals surface area contributed by atoms with E-state index < -0.39 is 0 Å². The Labute approximate surface area is 175 Å². The number of H-pyrrole nitrogens is 1. The molecule has 30 heavy (non-hydrogen) atoms. The number of ether oxygens (including phenoxy) is 1. The first-order valence-corrected chi connectivity index (χ1v) is 10.4. The van der Waals surface area contributed by atoms with E-state index in [0.717, 1.165) is 41.8 Å². The lowest BCUT2D eigenvalue weighted by molar-refractivity contribution is -0.129. The standard InChI is InChI=1S/C25H25FN2O2/c1-3-23(29)28-11-10-25(16-6-4-7-18(12-16)30-2)14-22-19(13-17(25)15-28)24-20(26)8-5-9-21(24)27-22/h3-9,12,17,27H,1,10-11,13-15H2,2H3. The van der Waals surface area contributed by atoms with Crippen molar-refractivity contribution in [2.45, 2.75) is 24.7 Å². The summed E-state index contributed by atoms with van der Waals surface area (Å²) in [5.74, 6) is 0.797. The molecule has 1 aliphatic carbocycles. The van der Waals surface area contributed by atoms with Crippen molar-refractivity contribution in [2.75, 3.05) is 20.2 Å². The average Bonchev–Trinajstić information content (AvgIpc) is 3.14. The maximum atomic E-state index is 14.7. The molecule has 1 amide bonds. The molecule has 2 atom stereocenters. The number of hydrogen-bond acceptors (Lipinski definition) is 2. The van der Waals surface area contributed by atoms with Gasteiger partial charge in [0.2, 0.25) is 5.91 Å². The van der Waals surface area contributed by atoms with Crippen LogP contribution in [0.1, 0.15) is 23.2 Å². The number of benzene rings is 2. The van der Waals surface area contributed by atoms with Crippen molar-refractivity contribution < 1.29 is 13.9 Å². The summed E-state index contributed by atoms with van der Waals surface area (Å²) in [6.07, 6.45) is 3.76. The summed E-state index contributed by atoms with van der Waals surface area (Å²) in [5, 5.41) is 0.693. The Kier molecular flexibility index (Phi) is 4.42. The van der Waals surface area contributed by atoms with Crippen LogP contribution >= 0.6 is 0 Å². The third-order valence-electron chi connectivity index (χ3n) is 7.09. The number of rotatable bonds is 3. The molecule has 2 unspecified atom stereocenters. The number of carbonyl (C=O) groups excluding carboxylic acids is 1. The van der Waals surface area contributed by atoms with Crippen molar-refractivity contribution >= 4 is 16.8 Å². The van der Waals surface area contributed by atoms with Gasteiger partial charge >= 0.3 is 0 Å². The number of amides is 1. The molecule has 0 saturated carbocycles. The predicted octanol–water partition coefficient (Wildman–Crippen LogP) is 4.39. The van der Waals surface area contributed by atoms with E-state index in [0.29, 0.717) is 18.5 Å². The maximum Gasteiger partial charge on any atom is 0.245 e. The van der Waals surface area contributed by atoms with Gasteiger partial charge in [-0.05, 0) is 66.6 Å². The molecule has 154 valence electrons. The van der Waals surface area contributed by atoms with E-state index >= 15 is 0 Å². The van der Waals surface area contributed by atoms with Gasteiger partial charge in [-0.1, -0.05) is 24.8 Å². The van der Waals surface area contributed by atoms with Crippen molar-refractivity contribution in [2.24, 2.45) is 5.92 Å². The van der Waals surface area contributed by atoms with E-state index in [-0.39, 0.29) is 23.1 Å². The highest BCUT2D eigenvalue weighted by molar-refractivity contribution is 5.87. The number of halogens is 1. The first-order chi connectivity index (χ1) is 14.6. The van der Waals surface area contributed by atoms with Crippen molar-refractivity contribution in [3.05, 3.63) is 77.8 Å². The molecule has 2 aromatic carbocycles. The number of likely N-dealkylation sites (tertiary alicyclic amines) is 1.